The molecule has 0 aromatic heterocycles. The quantitative estimate of drug-likeness (QED) is 0.212. The van der Waals surface area contributed by atoms with E-state index in [9.17, 15) is 0 Å². The molecule has 4 aromatic carbocycles. The van der Waals surface area contributed by atoms with Crippen molar-refractivity contribution in [1.29, 1.82) is 0 Å². The summed E-state index contributed by atoms with van der Waals surface area (Å²) in [5, 5.41) is 0. The minimum atomic E-state index is -0.397. The van der Waals surface area contributed by atoms with Crippen LogP contribution in [0.25, 0.3) is 0 Å². The second-order valence-electron chi connectivity index (χ2n) is 11.5. The Hall–Kier alpha value is -2.06. The van der Waals surface area contributed by atoms with E-state index in [1.165, 1.54) is 61.2 Å². The third kappa shape index (κ3) is 6.96. The van der Waals surface area contributed by atoms with E-state index in [0.29, 0.717) is 0 Å². The first-order chi connectivity index (χ1) is 18.1. The Morgan fingerprint density at radius 1 is 0.561 bits per heavy atom. The molecule has 0 N–H and O–H groups in total. The minimum absolute atomic E-state index is 0. The molecule has 4 aromatic rings. The smallest absolute Gasteiger partial charge is 1.00 e. The van der Waals surface area contributed by atoms with Crippen LogP contribution in [0.4, 0.5) is 0 Å². The van der Waals surface area contributed by atoms with Gasteiger partial charge in [-0.15, -0.1) is 0 Å². The monoisotopic (exact) mass is 634 g/mol. The maximum absolute atomic E-state index is 2.55. The summed E-state index contributed by atoms with van der Waals surface area (Å²) in [6, 6.07) is 32.2. The van der Waals surface area contributed by atoms with Crippen LogP contribution in [-0.4, -0.2) is 0 Å². The van der Waals surface area contributed by atoms with Crippen molar-refractivity contribution in [2.45, 2.75) is 57.1 Å². The molecule has 210 valence electrons. The van der Waals surface area contributed by atoms with Gasteiger partial charge in [-0.1, -0.05) is 0 Å². The third-order valence-electron chi connectivity index (χ3n) is 7.81. The van der Waals surface area contributed by atoms with Gasteiger partial charge in [0.25, 0.3) is 0 Å². The van der Waals surface area contributed by atoms with Gasteiger partial charge in [-0.3, -0.25) is 0 Å². The number of hydrogen-bond donors (Lipinski definition) is 0. The molecule has 0 nitrogen and oxygen atoms in total. The number of allylic oxidation sites excluding steroid dienone is 4. The van der Waals surface area contributed by atoms with Crippen molar-refractivity contribution in [3.05, 3.63) is 164 Å². The fourth-order valence-corrected chi connectivity index (χ4v) is 7.69. The van der Waals surface area contributed by atoms with E-state index in [2.05, 4.69) is 165 Å². The average Bonchev–Trinajstić information content (AvgIpc) is 3.19. The summed E-state index contributed by atoms with van der Waals surface area (Å²) < 4.78 is -0.266. The van der Waals surface area contributed by atoms with Crippen LogP contribution in [0.3, 0.4) is 0 Å². The summed E-state index contributed by atoms with van der Waals surface area (Å²) in [6.07, 6.45) is 8.33. The van der Waals surface area contributed by atoms with Crippen molar-refractivity contribution in [1.82, 2.24) is 0 Å². The molecular formula is C37H37Cl3Ti. The Labute approximate surface area is 277 Å². The maximum Gasteiger partial charge on any atom is -1.00 e. The molecule has 0 saturated heterocycles. The van der Waals surface area contributed by atoms with Crippen molar-refractivity contribution in [3.8, 4) is 0 Å². The van der Waals surface area contributed by atoms with Crippen molar-refractivity contribution in [2.75, 3.05) is 0 Å². The summed E-state index contributed by atoms with van der Waals surface area (Å²) in [7, 11) is 0. The summed E-state index contributed by atoms with van der Waals surface area (Å²) >= 11 is 2.44. The van der Waals surface area contributed by atoms with Gasteiger partial charge in [0, 0.05) is 0 Å². The molecule has 1 atom stereocenters. The molecule has 0 radical (unpaired) electrons. The number of benzene rings is 4. The first-order valence-electron chi connectivity index (χ1n) is 13.6. The van der Waals surface area contributed by atoms with Crippen LogP contribution in [0, 0.1) is 41.5 Å². The predicted molar refractivity (Wildman–Crippen MR) is 158 cm³/mol. The molecule has 0 saturated carbocycles. The van der Waals surface area contributed by atoms with E-state index in [-0.39, 0.29) is 40.9 Å². The molecule has 41 heavy (non-hydrogen) atoms. The molecule has 0 heterocycles. The number of hydrogen-bond acceptors (Lipinski definition) is 0. The molecule has 0 fully saturated rings. The van der Waals surface area contributed by atoms with E-state index in [1.54, 1.807) is 0 Å². The number of aryl methyl sites for hydroxylation is 6. The van der Waals surface area contributed by atoms with E-state index >= 15 is 0 Å². The van der Waals surface area contributed by atoms with Crippen molar-refractivity contribution < 1.29 is 57.7 Å². The fraction of sp³-hybridized carbons (Fsp3) is 0.243. The molecule has 4 heteroatoms. The fourth-order valence-electron chi connectivity index (χ4n) is 6.59. The van der Waals surface area contributed by atoms with Gasteiger partial charge in [0.15, 0.2) is 0 Å². The van der Waals surface area contributed by atoms with Crippen LogP contribution in [0.1, 0.15) is 55.6 Å². The van der Waals surface area contributed by atoms with Crippen LogP contribution in [0.5, 0.6) is 0 Å². The van der Waals surface area contributed by atoms with Gasteiger partial charge in [0.2, 0.25) is 0 Å². The standard InChI is InChI=1S/C37H37.3ClH.Ti/c1-25-14-26(2)18-34(17-25)37(35-19-27(3)15-28(4)20-35,36-21-29(5)16-30(6)22-36)33-13-12-32(24-33)23-31-10-8-7-9-11-31;;;;/h7-22,24H,23H2,1-6H3;3*1H;/q;;;;+3/p-3. The molecule has 0 aliphatic heterocycles. The van der Waals surface area contributed by atoms with Crippen LogP contribution < -0.4 is 37.2 Å². The molecule has 0 amide bonds. The Balaban J connectivity index is 0.00000196. The van der Waals surface area contributed by atoms with Crippen LogP contribution >= 0.6 is 0 Å². The third-order valence-corrected chi connectivity index (χ3v) is 8.88. The van der Waals surface area contributed by atoms with Crippen LogP contribution in [-0.2, 0) is 32.3 Å². The van der Waals surface area contributed by atoms with Crippen molar-refractivity contribution in [2.24, 2.45) is 0 Å². The van der Waals surface area contributed by atoms with Crippen molar-refractivity contribution >= 4 is 0 Å². The Bertz CT molecular complexity index is 1380. The van der Waals surface area contributed by atoms with Gasteiger partial charge in [0.05, 0.1) is 0 Å². The predicted octanol–water partition coefficient (Wildman–Crippen LogP) is 0.328. The van der Waals surface area contributed by atoms with Gasteiger partial charge < -0.3 is 37.2 Å². The van der Waals surface area contributed by atoms with Gasteiger partial charge in [-0.2, -0.15) is 0 Å². The van der Waals surface area contributed by atoms with E-state index in [0.717, 1.165) is 6.42 Å². The van der Waals surface area contributed by atoms with Gasteiger partial charge in [-0.25, -0.2) is 0 Å². The largest absolute Gasteiger partial charge is 1.00 e. The van der Waals surface area contributed by atoms with E-state index in [1.807, 2.05) is 0 Å². The first kappa shape index (κ1) is 35.1. The Morgan fingerprint density at radius 2 is 0.927 bits per heavy atom. The zero-order valence-corrected chi connectivity index (χ0v) is 28.5. The SMILES string of the molecule is Cc1cc(C)cc(C(c2cc(C)cc(C)c2)(c2cc(C)cc(C)c2)[C]2([Ti+3])C=CC(Cc3ccccc3)=C2)c1.[Cl-].[Cl-].[Cl-]. The molecule has 1 unspecified atom stereocenters. The zero-order chi connectivity index (χ0) is 27.1. The second-order valence-corrected chi connectivity index (χ2v) is 12.8. The Kier molecular flexibility index (Phi) is 12.0. The minimum Gasteiger partial charge on any atom is -1.00 e. The van der Waals surface area contributed by atoms with Gasteiger partial charge in [-0.05, 0) is 0 Å². The first-order valence-corrected chi connectivity index (χ1v) is 14.3. The number of rotatable bonds is 6. The average molecular weight is 636 g/mol. The molecular weight excluding hydrogens is 599 g/mol. The van der Waals surface area contributed by atoms with E-state index in [4.69, 9.17) is 0 Å². The number of halogens is 3. The normalized spacial score (nSPS) is 15.9. The zero-order valence-electron chi connectivity index (χ0n) is 24.7. The molecule has 1 aliphatic rings. The molecule has 0 bridgehead atoms. The molecule has 5 rings (SSSR count). The summed E-state index contributed by atoms with van der Waals surface area (Å²) in [5.41, 5.74) is 14.2. The molecule has 0 spiro atoms. The van der Waals surface area contributed by atoms with Crippen molar-refractivity contribution in [3.63, 3.8) is 0 Å². The van der Waals surface area contributed by atoms with Crippen LogP contribution in [0.15, 0.2) is 109 Å². The maximum atomic E-state index is 2.55. The summed E-state index contributed by atoms with van der Waals surface area (Å²) in [4.78, 5) is 0. The summed E-state index contributed by atoms with van der Waals surface area (Å²) in [5.74, 6) is 0. The summed E-state index contributed by atoms with van der Waals surface area (Å²) in [6.45, 7) is 13.4. The Morgan fingerprint density at radius 3 is 1.29 bits per heavy atom. The van der Waals surface area contributed by atoms with Gasteiger partial charge >= 0.3 is 242 Å². The van der Waals surface area contributed by atoms with Crippen LogP contribution in [0.2, 0.25) is 3.72 Å². The second kappa shape index (κ2) is 13.9. The van der Waals surface area contributed by atoms with E-state index < -0.39 is 5.41 Å². The van der Waals surface area contributed by atoms with Gasteiger partial charge in [0.1, 0.15) is 0 Å². The molecule has 1 aliphatic carbocycles. The topological polar surface area (TPSA) is 0 Å².